The minimum atomic E-state index is -1.07. The molecule has 0 bridgehead atoms. The molecule has 1 fully saturated rings. The summed E-state index contributed by atoms with van der Waals surface area (Å²) in [5.74, 6) is -0.766. The summed E-state index contributed by atoms with van der Waals surface area (Å²) in [7, 11) is 0. The van der Waals surface area contributed by atoms with Crippen molar-refractivity contribution >= 4 is 28.4 Å². The van der Waals surface area contributed by atoms with E-state index in [1.807, 2.05) is 12.1 Å². The first-order valence-corrected chi connectivity index (χ1v) is 8.20. The van der Waals surface area contributed by atoms with Crippen molar-refractivity contribution in [3.63, 3.8) is 0 Å². The molecular weight excluding hydrogens is 308 g/mol. The first-order chi connectivity index (χ1) is 11.5. The lowest BCUT2D eigenvalue weighted by Crippen LogP contribution is -2.48. The summed E-state index contributed by atoms with van der Waals surface area (Å²) in [5, 5.41) is 20.6. The largest absolute Gasteiger partial charge is 0.383 e. The minimum Gasteiger partial charge on any atom is -0.383 e. The van der Waals surface area contributed by atoms with Crippen LogP contribution in [0.2, 0.25) is 0 Å². The van der Waals surface area contributed by atoms with Gasteiger partial charge in [0.25, 0.3) is 5.91 Å². The van der Waals surface area contributed by atoms with Gasteiger partial charge in [0.15, 0.2) is 0 Å². The maximum absolute atomic E-state index is 12.6. The molecule has 0 unspecified atom stereocenters. The van der Waals surface area contributed by atoms with Crippen LogP contribution in [0.3, 0.4) is 0 Å². The smallest absolute Gasteiger partial charge is 0.252 e. The molecule has 2 aromatic rings. The number of fused-ring (bicyclic) bond motifs is 1. The molecule has 0 saturated carbocycles. The quantitative estimate of drug-likeness (QED) is 0.791. The van der Waals surface area contributed by atoms with Crippen molar-refractivity contribution in [3.8, 4) is 0 Å². The number of amides is 2. The third-order valence-electron chi connectivity index (χ3n) is 4.43. The van der Waals surface area contributed by atoms with Gasteiger partial charge in [-0.1, -0.05) is 13.8 Å². The van der Waals surface area contributed by atoms with Crippen LogP contribution >= 0.6 is 0 Å². The lowest BCUT2D eigenvalue weighted by molar-refractivity contribution is -0.146. The van der Waals surface area contributed by atoms with Gasteiger partial charge in [0.1, 0.15) is 12.1 Å². The fraction of sp³-hybridized carbons (Fsp3) is 0.471. The summed E-state index contributed by atoms with van der Waals surface area (Å²) in [6.45, 7) is 4.07. The van der Waals surface area contributed by atoms with Crippen molar-refractivity contribution in [2.75, 3.05) is 11.9 Å². The highest BCUT2D eigenvalue weighted by atomic mass is 16.3. The monoisotopic (exact) mass is 330 g/mol. The van der Waals surface area contributed by atoms with Crippen molar-refractivity contribution in [3.05, 3.63) is 24.4 Å². The maximum Gasteiger partial charge on any atom is 0.252 e. The molecule has 1 aromatic carbocycles. The van der Waals surface area contributed by atoms with E-state index >= 15 is 0 Å². The lowest BCUT2D eigenvalue weighted by atomic mass is 10.1. The SMILES string of the molecule is CC(C)[C@@H](O)C(=O)N1CCC[C@@H]1C(=O)Nc1ccc2[nH]ncc2c1. The topological polar surface area (TPSA) is 98.3 Å². The zero-order valence-electron chi connectivity index (χ0n) is 13.8. The van der Waals surface area contributed by atoms with Crippen molar-refractivity contribution in [1.29, 1.82) is 0 Å². The summed E-state index contributed by atoms with van der Waals surface area (Å²) in [5.41, 5.74) is 1.56. The zero-order chi connectivity index (χ0) is 17.3. The molecule has 128 valence electrons. The number of hydrogen-bond acceptors (Lipinski definition) is 4. The van der Waals surface area contributed by atoms with Crippen LogP contribution in [0.25, 0.3) is 10.9 Å². The average Bonchev–Trinajstić information content (AvgIpc) is 3.21. The van der Waals surface area contributed by atoms with E-state index < -0.39 is 12.1 Å². The Balaban J connectivity index is 1.72. The Kier molecular flexibility index (Phi) is 4.53. The van der Waals surface area contributed by atoms with Gasteiger partial charge >= 0.3 is 0 Å². The standard InChI is InChI=1S/C17H22N4O3/c1-10(2)15(22)17(24)21-7-3-4-14(21)16(23)19-12-5-6-13-11(8-12)9-18-20-13/h5-6,8-10,14-15,22H,3-4,7H2,1-2H3,(H,18,20)(H,19,23)/t14-,15-/m1/s1. The Morgan fingerprint density at radius 1 is 1.42 bits per heavy atom. The van der Waals surface area contributed by atoms with Crippen molar-refractivity contribution in [2.24, 2.45) is 5.92 Å². The molecule has 0 radical (unpaired) electrons. The number of nitrogens with one attached hydrogen (secondary N) is 2. The number of aromatic nitrogens is 2. The van der Waals surface area contributed by atoms with E-state index in [2.05, 4.69) is 15.5 Å². The molecule has 2 atom stereocenters. The summed E-state index contributed by atoms with van der Waals surface area (Å²) < 4.78 is 0. The van der Waals surface area contributed by atoms with Crippen LogP contribution < -0.4 is 5.32 Å². The summed E-state index contributed by atoms with van der Waals surface area (Å²) in [6, 6.07) is 4.94. The molecule has 24 heavy (non-hydrogen) atoms. The fourth-order valence-electron chi connectivity index (χ4n) is 3.00. The van der Waals surface area contributed by atoms with E-state index in [4.69, 9.17) is 0 Å². The van der Waals surface area contributed by atoms with E-state index in [1.165, 1.54) is 4.90 Å². The highest BCUT2D eigenvalue weighted by molar-refractivity contribution is 5.99. The Hall–Kier alpha value is -2.41. The van der Waals surface area contributed by atoms with Gasteiger partial charge in [0.2, 0.25) is 5.91 Å². The molecule has 7 heteroatoms. The Morgan fingerprint density at radius 3 is 2.96 bits per heavy atom. The number of anilines is 1. The molecular formula is C17H22N4O3. The summed E-state index contributed by atoms with van der Waals surface area (Å²) in [6.07, 6.45) is 1.99. The second-order valence-electron chi connectivity index (χ2n) is 6.54. The molecule has 1 aliphatic rings. The number of rotatable bonds is 4. The number of nitrogens with zero attached hydrogens (tertiary/aromatic N) is 2. The maximum atomic E-state index is 12.6. The number of benzene rings is 1. The van der Waals surface area contributed by atoms with Crippen molar-refractivity contribution in [1.82, 2.24) is 15.1 Å². The molecule has 3 N–H and O–H groups in total. The van der Waals surface area contributed by atoms with Crippen molar-refractivity contribution in [2.45, 2.75) is 38.8 Å². The number of aliphatic hydroxyl groups is 1. The number of carbonyl (C=O) groups excluding carboxylic acids is 2. The van der Waals surface area contributed by atoms with E-state index in [0.29, 0.717) is 18.7 Å². The third kappa shape index (κ3) is 3.12. The second-order valence-corrected chi connectivity index (χ2v) is 6.54. The first kappa shape index (κ1) is 16.4. The predicted molar refractivity (Wildman–Crippen MR) is 90.3 cm³/mol. The summed E-state index contributed by atoms with van der Waals surface area (Å²) in [4.78, 5) is 26.5. The van der Waals surface area contributed by atoms with E-state index in [9.17, 15) is 14.7 Å². The molecule has 1 aliphatic heterocycles. The van der Waals surface area contributed by atoms with Gasteiger partial charge in [-0.2, -0.15) is 5.10 Å². The molecule has 1 saturated heterocycles. The van der Waals surface area contributed by atoms with Gasteiger partial charge in [-0.15, -0.1) is 0 Å². The molecule has 0 spiro atoms. The first-order valence-electron chi connectivity index (χ1n) is 8.20. The van der Waals surface area contributed by atoms with Crippen LogP contribution in [0.5, 0.6) is 0 Å². The average molecular weight is 330 g/mol. The second kappa shape index (κ2) is 6.60. The molecule has 7 nitrogen and oxygen atoms in total. The molecule has 3 rings (SSSR count). The Bertz CT molecular complexity index is 755. The predicted octanol–water partition coefficient (Wildman–Crippen LogP) is 1.51. The van der Waals surface area contributed by atoms with E-state index in [-0.39, 0.29) is 17.7 Å². The van der Waals surface area contributed by atoms with Gasteiger partial charge in [-0.25, -0.2) is 0 Å². The number of likely N-dealkylation sites (tertiary alicyclic amines) is 1. The number of carbonyl (C=O) groups is 2. The molecule has 0 aliphatic carbocycles. The number of aliphatic hydroxyl groups excluding tert-OH is 1. The van der Waals surface area contributed by atoms with Crippen molar-refractivity contribution < 1.29 is 14.7 Å². The summed E-state index contributed by atoms with van der Waals surface area (Å²) >= 11 is 0. The number of hydrogen-bond donors (Lipinski definition) is 3. The van der Waals surface area contributed by atoms with Crippen LogP contribution in [0, 0.1) is 5.92 Å². The molecule has 1 aromatic heterocycles. The van der Waals surface area contributed by atoms with Crippen LogP contribution in [0.4, 0.5) is 5.69 Å². The van der Waals surface area contributed by atoms with Crippen LogP contribution in [0.15, 0.2) is 24.4 Å². The van der Waals surface area contributed by atoms with Gasteiger partial charge in [0, 0.05) is 17.6 Å². The Labute approximate surface area is 140 Å². The minimum absolute atomic E-state index is 0.176. The Morgan fingerprint density at radius 2 is 2.21 bits per heavy atom. The van der Waals surface area contributed by atoms with Gasteiger partial charge in [0.05, 0.1) is 11.7 Å². The van der Waals surface area contributed by atoms with Gasteiger partial charge < -0.3 is 15.3 Å². The number of H-pyrrole nitrogens is 1. The highest BCUT2D eigenvalue weighted by Crippen LogP contribution is 2.23. The third-order valence-corrected chi connectivity index (χ3v) is 4.43. The lowest BCUT2D eigenvalue weighted by Gasteiger charge is -2.27. The van der Waals surface area contributed by atoms with Gasteiger partial charge in [-0.3, -0.25) is 14.7 Å². The van der Waals surface area contributed by atoms with Gasteiger partial charge in [-0.05, 0) is 37.0 Å². The zero-order valence-corrected chi connectivity index (χ0v) is 13.8. The normalized spacial score (nSPS) is 19.0. The van der Waals surface area contributed by atoms with Crippen LogP contribution in [-0.2, 0) is 9.59 Å². The molecule has 2 heterocycles. The van der Waals surface area contributed by atoms with Crippen LogP contribution in [-0.4, -0.2) is 50.7 Å². The van der Waals surface area contributed by atoms with E-state index in [1.54, 1.807) is 26.1 Å². The van der Waals surface area contributed by atoms with Crippen LogP contribution in [0.1, 0.15) is 26.7 Å². The number of aromatic amines is 1. The fourth-order valence-corrected chi connectivity index (χ4v) is 3.00. The highest BCUT2D eigenvalue weighted by Gasteiger charge is 2.37. The molecule has 2 amide bonds. The van der Waals surface area contributed by atoms with E-state index in [0.717, 1.165) is 17.3 Å².